The minimum Gasteiger partial charge on any atom is -0.491 e. The number of nitrogens with zero attached hydrogens (tertiary/aromatic N) is 1. The highest BCUT2D eigenvalue weighted by molar-refractivity contribution is 5.85. The molecule has 1 atom stereocenters. The van der Waals surface area contributed by atoms with Crippen LogP contribution in [0, 0.1) is 11.8 Å². The molecular weight excluding hydrogens is 392 g/mol. The molecule has 1 unspecified atom stereocenters. The third-order valence-electron chi connectivity index (χ3n) is 4.61. The summed E-state index contributed by atoms with van der Waals surface area (Å²) in [4.78, 5) is 13.8. The SMILES string of the molecule is Cl.NC(CO)C(=O)N1CCc2cc(C#Cc3ccc(OCCO)cc3)ccc2C1. The minimum atomic E-state index is -0.855. The number of nitrogens with two attached hydrogens (primary N) is 1. The maximum Gasteiger partial charge on any atom is 0.242 e. The number of carbonyl (C=O) groups is 1. The predicted octanol–water partition coefficient (Wildman–Crippen LogP) is 1.08. The Morgan fingerprint density at radius 3 is 2.48 bits per heavy atom. The van der Waals surface area contributed by atoms with Crippen LogP contribution in [0.25, 0.3) is 0 Å². The lowest BCUT2D eigenvalue weighted by atomic mass is 9.97. The number of carbonyl (C=O) groups excluding carboxylic acids is 1. The van der Waals surface area contributed by atoms with E-state index in [2.05, 4.69) is 17.9 Å². The summed E-state index contributed by atoms with van der Waals surface area (Å²) in [5.74, 6) is 6.79. The highest BCUT2D eigenvalue weighted by Gasteiger charge is 2.24. The predicted molar refractivity (Wildman–Crippen MR) is 113 cm³/mol. The molecule has 0 fully saturated rings. The summed E-state index contributed by atoms with van der Waals surface area (Å²) in [6.45, 7) is 1.01. The zero-order valence-corrected chi connectivity index (χ0v) is 16.8. The standard InChI is InChI=1S/C22H24N2O4.ClH/c23-21(15-26)22(27)24-10-9-18-13-17(3-6-19(18)14-24)2-1-16-4-7-20(8-5-16)28-12-11-25;/h3-8,13,21,25-26H,9-12,14-15,23H2;1H. The fraction of sp³-hybridized carbons (Fsp3) is 0.318. The number of benzene rings is 2. The molecule has 0 saturated heterocycles. The van der Waals surface area contributed by atoms with Crippen LogP contribution in [0.4, 0.5) is 0 Å². The van der Waals surface area contributed by atoms with Gasteiger partial charge in [-0.05, 0) is 53.9 Å². The molecule has 2 aromatic rings. The Bertz CT molecular complexity index is 890. The highest BCUT2D eigenvalue weighted by Crippen LogP contribution is 2.21. The Morgan fingerprint density at radius 2 is 1.79 bits per heavy atom. The lowest BCUT2D eigenvalue weighted by Crippen LogP contribution is -2.47. The molecule has 4 N–H and O–H groups in total. The van der Waals surface area contributed by atoms with Crippen LogP contribution in [-0.4, -0.2) is 53.4 Å². The van der Waals surface area contributed by atoms with E-state index in [4.69, 9.17) is 20.7 Å². The van der Waals surface area contributed by atoms with Crippen LogP contribution >= 0.6 is 12.4 Å². The van der Waals surface area contributed by atoms with E-state index in [0.717, 1.165) is 23.1 Å². The van der Waals surface area contributed by atoms with Gasteiger partial charge in [0.15, 0.2) is 0 Å². The Labute approximate surface area is 176 Å². The molecule has 0 radical (unpaired) electrons. The van der Waals surface area contributed by atoms with Gasteiger partial charge in [0.2, 0.25) is 5.91 Å². The van der Waals surface area contributed by atoms with Gasteiger partial charge in [-0.25, -0.2) is 0 Å². The second kappa shape index (κ2) is 10.8. The van der Waals surface area contributed by atoms with Gasteiger partial charge < -0.3 is 25.6 Å². The van der Waals surface area contributed by atoms with Crippen molar-refractivity contribution in [2.45, 2.75) is 19.0 Å². The first-order valence-corrected chi connectivity index (χ1v) is 9.23. The van der Waals surface area contributed by atoms with Gasteiger partial charge in [-0.2, -0.15) is 0 Å². The van der Waals surface area contributed by atoms with E-state index in [1.54, 1.807) is 4.90 Å². The number of fused-ring (bicyclic) bond motifs is 1. The van der Waals surface area contributed by atoms with Crippen molar-refractivity contribution in [2.24, 2.45) is 5.73 Å². The zero-order valence-electron chi connectivity index (χ0n) is 16.0. The monoisotopic (exact) mass is 416 g/mol. The van der Waals surface area contributed by atoms with Crippen LogP contribution in [0.5, 0.6) is 5.75 Å². The number of aliphatic hydroxyl groups excluding tert-OH is 2. The molecule has 1 aliphatic heterocycles. The van der Waals surface area contributed by atoms with Gasteiger partial charge in [-0.1, -0.05) is 17.9 Å². The molecule has 3 rings (SSSR count). The van der Waals surface area contributed by atoms with Crippen LogP contribution in [0.2, 0.25) is 0 Å². The van der Waals surface area contributed by atoms with Gasteiger partial charge in [0.25, 0.3) is 0 Å². The average molecular weight is 417 g/mol. The maximum absolute atomic E-state index is 12.1. The van der Waals surface area contributed by atoms with Crippen LogP contribution in [0.15, 0.2) is 42.5 Å². The lowest BCUT2D eigenvalue weighted by Gasteiger charge is -2.30. The largest absolute Gasteiger partial charge is 0.491 e. The van der Waals surface area contributed by atoms with Crippen molar-refractivity contribution in [3.63, 3.8) is 0 Å². The van der Waals surface area contributed by atoms with Crippen LogP contribution in [0.3, 0.4) is 0 Å². The summed E-state index contributed by atoms with van der Waals surface area (Å²) >= 11 is 0. The molecule has 1 aliphatic rings. The van der Waals surface area contributed by atoms with E-state index in [0.29, 0.717) is 18.8 Å². The van der Waals surface area contributed by atoms with Crippen LogP contribution in [-0.2, 0) is 17.8 Å². The van der Waals surface area contributed by atoms with Gasteiger partial charge in [0.05, 0.1) is 13.2 Å². The summed E-state index contributed by atoms with van der Waals surface area (Å²) in [6.07, 6.45) is 0.742. The maximum atomic E-state index is 12.1. The van der Waals surface area contributed by atoms with Gasteiger partial charge in [0.1, 0.15) is 18.4 Å². The van der Waals surface area contributed by atoms with Gasteiger partial charge >= 0.3 is 0 Å². The summed E-state index contributed by atoms with van der Waals surface area (Å²) < 4.78 is 5.33. The molecule has 0 saturated carbocycles. The summed E-state index contributed by atoms with van der Waals surface area (Å²) in [7, 11) is 0. The number of halogens is 1. The van der Waals surface area contributed by atoms with E-state index < -0.39 is 6.04 Å². The molecule has 0 bridgehead atoms. The second-order valence-corrected chi connectivity index (χ2v) is 6.63. The molecule has 7 heteroatoms. The number of rotatable bonds is 5. The lowest BCUT2D eigenvalue weighted by molar-refractivity contribution is -0.134. The molecule has 2 aromatic carbocycles. The van der Waals surface area contributed by atoms with Gasteiger partial charge in [0, 0.05) is 24.2 Å². The normalized spacial score (nSPS) is 13.4. The Morgan fingerprint density at radius 1 is 1.10 bits per heavy atom. The number of amides is 1. The zero-order chi connectivity index (χ0) is 19.9. The van der Waals surface area contributed by atoms with E-state index in [-0.39, 0.29) is 38.1 Å². The van der Waals surface area contributed by atoms with Crippen molar-refractivity contribution < 1.29 is 19.7 Å². The molecule has 29 heavy (non-hydrogen) atoms. The fourth-order valence-corrected chi connectivity index (χ4v) is 3.07. The molecule has 6 nitrogen and oxygen atoms in total. The van der Waals surface area contributed by atoms with Gasteiger partial charge in [-0.15, -0.1) is 12.4 Å². The van der Waals surface area contributed by atoms with Crippen molar-refractivity contribution in [2.75, 3.05) is 26.4 Å². The number of hydrogen-bond donors (Lipinski definition) is 3. The quantitative estimate of drug-likeness (QED) is 0.634. The van der Waals surface area contributed by atoms with Crippen LogP contribution in [0.1, 0.15) is 22.3 Å². The number of ether oxygens (including phenoxy) is 1. The van der Waals surface area contributed by atoms with Crippen molar-refractivity contribution in [3.8, 4) is 17.6 Å². The third-order valence-corrected chi connectivity index (χ3v) is 4.61. The topological polar surface area (TPSA) is 96.0 Å². The molecular formula is C22H25ClN2O4. The van der Waals surface area contributed by atoms with Gasteiger partial charge in [-0.3, -0.25) is 4.79 Å². The third kappa shape index (κ3) is 5.96. The summed E-state index contributed by atoms with van der Waals surface area (Å²) in [5, 5.41) is 17.8. The van der Waals surface area contributed by atoms with E-state index in [1.807, 2.05) is 36.4 Å². The average Bonchev–Trinajstić information content (AvgIpc) is 2.75. The summed E-state index contributed by atoms with van der Waals surface area (Å²) in [6, 6.07) is 12.6. The fourth-order valence-electron chi connectivity index (χ4n) is 3.07. The van der Waals surface area contributed by atoms with Crippen molar-refractivity contribution in [3.05, 3.63) is 64.7 Å². The molecule has 1 heterocycles. The molecule has 154 valence electrons. The molecule has 0 aliphatic carbocycles. The smallest absolute Gasteiger partial charge is 0.242 e. The first kappa shape index (κ1) is 22.7. The molecule has 0 spiro atoms. The second-order valence-electron chi connectivity index (χ2n) is 6.63. The molecule has 0 aromatic heterocycles. The van der Waals surface area contributed by atoms with Crippen molar-refractivity contribution in [1.82, 2.24) is 4.90 Å². The molecule has 1 amide bonds. The highest BCUT2D eigenvalue weighted by atomic mass is 35.5. The van der Waals surface area contributed by atoms with E-state index in [9.17, 15) is 4.79 Å². The Kier molecular flexibility index (Phi) is 8.50. The first-order chi connectivity index (χ1) is 13.6. The Hall–Kier alpha value is -2.56. The summed E-state index contributed by atoms with van der Waals surface area (Å²) in [5.41, 5.74) is 9.71. The minimum absolute atomic E-state index is 0. The first-order valence-electron chi connectivity index (χ1n) is 9.23. The van der Waals surface area contributed by atoms with E-state index in [1.165, 1.54) is 5.56 Å². The van der Waals surface area contributed by atoms with Crippen molar-refractivity contribution in [1.29, 1.82) is 0 Å². The van der Waals surface area contributed by atoms with Crippen LogP contribution < -0.4 is 10.5 Å². The number of aliphatic hydroxyl groups is 2. The van der Waals surface area contributed by atoms with E-state index >= 15 is 0 Å². The Balaban J connectivity index is 0.00000300. The van der Waals surface area contributed by atoms with Crippen molar-refractivity contribution >= 4 is 18.3 Å². The number of hydrogen-bond acceptors (Lipinski definition) is 5.